The number of carbonyl (C=O) groups is 3. The summed E-state index contributed by atoms with van der Waals surface area (Å²) in [4.78, 5) is 53.5. The van der Waals surface area contributed by atoms with Gasteiger partial charge in [-0.25, -0.2) is 4.79 Å². The highest BCUT2D eigenvalue weighted by Gasteiger charge is 2.38. The van der Waals surface area contributed by atoms with Crippen LogP contribution in [0, 0.1) is 10.1 Å². The molecule has 2 aromatic rings. The molecule has 2 aromatic carbocycles. The Balaban J connectivity index is 1.33. The molecule has 3 unspecified atom stereocenters. The lowest BCUT2D eigenvalue weighted by molar-refractivity contribution is -0.385. The molecule has 242 valence electrons. The Bertz CT molecular complexity index is 1470. The van der Waals surface area contributed by atoms with E-state index in [0.717, 1.165) is 31.0 Å². The number of amides is 3. The van der Waals surface area contributed by atoms with Crippen molar-refractivity contribution in [2.24, 2.45) is 0 Å². The summed E-state index contributed by atoms with van der Waals surface area (Å²) < 4.78 is 49.3. The second kappa shape index (κ2) is 12.8. The van der Waals surface area contributed by atoms with E-state index in [-0.39, 0.29) is 42.2 Å². The lowest BCUT2D eigenvalue weighted by Gasteiger charge is -2.35. The van der Waals surface area contributed by atoms with Gasteiger partial charge in [-0.3, -0.25) is 24.6 Å². The molecule has 0 radical (unpaired) electrons. The topological polar surface area (TPSA) is 167 Å². The normalized spacial score (nSPS) is 20.8. The number of halogens is 3. The van der Waals surface area contributed by atoms with E-state index in [1.165, 1.54) is 23.1 Å². The van der Waals surface area contributed by atoms with Gasteiger partial charge in [0.05, 0.1) is 28.9 Å². The number of nitrogens with zero attached hydrogens (tertiary/aromatic N) is 4. The van der Waals surface area contributed by atoms with Gasteiger partial charge in [-0.15, -0.1) is 13.2 Å². The number of nitro benzene ring substituents is 1. The van der Waals surface area contributed by atoms with E-state index in [4.69, 9.17) is 9.84 Å². The third kappa shape index (κ3) is 7.54. The van der Waals surface area contributed by atoms with Crippen LogP contribution >= 0.6 is 0 Å². The van der Waals surface area contributed by atoms with Crippen molar-refractivity contribution in [2.45, 2.75) is 44.4 Å². The number of likely N-dealkylation sites (tertiary alicyclic amines) is 1. The summed E-state index contributed by atoms with van der Waals surface area (Å²) >= 11 is 0. The number of fused-ring (bicyclic) bond motifs is 2. The predicted molar refractivity (Wildman–Crippen MR) is 154 cm³/mol. The van der Waals surface area contributed by atoms with Crippen LogP contribution in [0.15, 0.2) is 36.4 Å². The van der Waals surface area contributed by atoms with E-state index in [1.807, 2.05) is 4.90 Å². The van der Waals surface area contributed by atoms with E-state index in [0.29, 0.717) is 31.9 Å². The highest BCUT2D eigenvalue weighted by molar-refractivity contribution is 6.08. The van der Waals surface area contributed by atoms with Gasteiger partial charge in [0.15, 0.2) is 5.75 Å². The van der Waals surface area contributed by atoms with Crippen molar-refractivity contribution in [2.75, 3.05) is 54.8 Å². The van der Waals surface area contributed by atoms with E-state index >= 15 is 0 Å². The maximum absolute atomic E-state index is 13.2. The van der Waals surface area contributed by atoms with Crippen LogP contribution in [0.1, 0.15) is 30.1 Å². The molecular formula is C28H31F3N6O8. The van der Waals surface area contributed by atoms with Crippen molar-refractivity contribution < 1.29 is 47.1 Å². The maximum Gasteiger partial charge on any atom is 0.573 e. The SMILES string of the molecule is CC(C(=O)Nc1cc(NC(=O)c2ccc(N3CCN(C(=O)O)CC3)cc2[N+](=O)[O-])ccc1OC(F)(F)F)N1CC2CCC(C1)O2. The van der Waals surface area contributed by atoms with Crippen molar-refractivity contribution in [1.29, 1.82) is 0 Å². The molecule has 17 heteroatoms. The number of alkyl halides is 3. The quantitative estimate of drug-likeness (QED) is 0.287. The van der Waals surface area contributed by atoms with E-state index in [2.05, 4.69) is 15.4 Å². The number of carbonyl (C=O) groups excluding carboxylic acids is 2. The van der Waals surface area contributed by atoms with Crippen LogP contribution < -0.4 is 20.3 Å². The molecular weight excluding hydrogens is 605 g/mol. The van der Waals surface area contributed by atoms with Crippen molar-refractivity contribution in [3.8, 4) is 5.75 Å². The van der Waals surface area contributed by atoms with Crippen molar-refractivity contribution in [3.63, 3.8) is 0 Å². The zero-order chi connectivity index (χ0) is 32.5. The number of rotatable bonds is 8. The number of ether oxygens (including phenoxy) is 2. The number of anilines is 3. The summed E-state index contributed by atoms with van der Waals surface area (Å²) in [5, 5.41) is 25.9. The predicted octanol–water partition coefficient (Wildman–Crippen LogP) is 3.74. The summed E-state index contributed by atoms with van der Waals surface area (Å²) in [6.07, 6.45) is -4.42. The highest BCUT2D eigenvalue weighted by Crippen LogP contribution is 2.34. The average Bonchev–Trinajstić information content (AvgIpc) is 3.33. The Morgan fingerprint density at radius 2 is 1.71 bits per heavy atom. The van der Waals surface area contributed by atoms with Crippen molar-refractivity contribution >= 4 is 40.7 Å². The van der Waals surface area contributed by atoms with Crippen LogP contribution in [0.25, 0.3) is 0 Å². The van der Waals surface area contributed by atoms with Gasteiger partial charge in [-0.05, 0) is 50.1 Å². The molecule has 3 heterocycles. The average molecular weight is 637 g/mol. The van der Waals surface area contributed by atoms with Crippen molar-refractivity contribution in [1.82, 2.24) is 9.80 Å². The minimum atomic E-state index is -5.07. The Labute approximate surface area is 254 Å². The van der Waals surface area contributed by atoms with Gasteiger partial charge in [0.25, 0.3) is 11.6 Å². The van der Waals surface area contributed by atoms with Crippen LogP contribution in [0.5, 0.6) is 5.75 Å². The first-order valence-electron chi connectivity index (χ1n) is 14.2. The fraction of sp³-hybridized carbons (Fsp3) is 0.464. The monoisotopic (exact) mass is 636 g/mol. The number of hydrogen-bond acceptors (Lipinski definition) is 9. The molecule has 0 spiro atoms. The lowest BCUT2D eigenvalue weighted by atomic mass is 10.1. The Morgan fingerprint density at radius 1 is 1.04 bits per heavy atom. The molecule has 3 aliphatic rings. The molecule has 0 saturated carbocycles. The minimum absolute atomic E-state index is 0.0121. The van der Waals surface area contributed by atoms with Crippen LogP contribution in [-0.2, 0) is 9.53 Å². The molecule has 3 aliphatic heterocycles. The maximum atomic E-state index is 13.2. The molecule has 14 nitrogen and oxygen atoms in total. The molecule has 45 heavy (non-hydrogen) atoms. The molecule has 3 amide bonds. The largest absolute Gasteiger partial charge is 0.573 e. The van der Waals surface area contributed by atoms with Gasteiger partial charge in [0.1, 0.15) is 5.56 Å². The molecule has 3 fully saturated rings. The Hall–Kier alpha value is -4.64. The van der Waals surface area contributed by atoms with Gasteiger partial charge in [0.2, 0.25) is 5.91 Å². The second-order valence-electron chi connectivity index (χ2n) is 11.0. The summed E-state index contributed by atoms with van der Waals surface area (Å²) in [6.45, 7) is 3.62. The first kappa shape index (κ1) is 31.8. The number of piperazine rings is 1. The van der Waals surface area contributed by atoms with Crippen molar-refractivity contribution in [3.05, 3.63) is 52.1 Å². The number of nitrogens with one attached hydrogen (secondary N) is 2. The zero-order valence-corrected chi connectivity index (χ0v) is 24.1. The van der Waals surface area contributed by atoms with Gasteiger partial charge in [-0.1, -0.05) is 0 Å². The third-order valence-electron chi connectivity index (χ3n) is 8.06. The van der Waals surface area contributed by atoms with Crippen LogP contribution in [-0.4, -0.2) is 102 Å². The zero-order valence-electron chi connectivity index (χ0n) is 24.1. The minimum Gasteiger partial charge on any atom is -0.465 e. The summed E-state index contributed by atoms with van der Waals surface area (Å²) in [6, 6.07) is 6.34. The fourth-order valence-corrected chi connectivity index (χ4v) is 5.70. The lowest BCUT2D eigenvalue weighted by Crippen LogP contribution is -2.51. The van der Waals surface area contributed by atoms with Gasteiger partial charge >= 0.3 is 12.5 Å². The standard InChI is InChI=1S/C28H31F3N6O8/c1-16(36-14-19-4-5-20(15-36)44-19)25(38)33-22-12-17(2-7-24(22)45-28(29,30)31)32-26(39)21-6-3-18(13-23(21)37(42)43)34-8-10-35(11-9-34)27(40)41/h2-3,6-7,12-13,16,19-20H,4-5,8-11,14-15H2,1H3,(H,32,39)(H,33,38)(H,40,41). The molecule has 3 saturated heterocycles. The molecule has 2 bridgehead atoms. The van der Waals surface area contributed by atoms with Crippen LogP contribution in [0.3, 0.4) is 0 Å². The number of benzene rings is 2. The third-order valence-corrected chi connectivity index (χ3v) is 8.06. The molecule has 0 aromatic heterocycles. The number of carboxylic acid groups (broad SMARTS) is 1. The van der Waals surface area contributed by atoms with E-state index in [1.54, 1.807) is 11.8 Å². The molecule has 0 aliphatic carbocycles. The summed E-state index contributed by atoms with van der Waals surface area (Å²) in [5.41, 5.74) is -0.827. The number of hydrogen-bond donors (Lipinski definition) is 3. The smallest absolute Gasteiger partial charge is 0.465 e. The summed E-state index contributed by atoms with van der Waals surface area (Å²) in [5.74, 6) is -2.22. The van der Waals surface area contributed by atoms with Crippen LogP contribution in [0.4, 0.5) is 40.7 Å². The van der Waals surface area contributed by atoms with E-state index < -0.39 is 46.7 Å². The second-order valence-corrected chi connectivity index (χ2v) is 11.0. The summed E-state index contributed by atoms with van der Waals surface area (Å²) in [7, 11) is 0. The fourth-order valence-electron chi connectivity index (χ4n) is 5.70. The molecule has 3 atom stereocenters. The van der Waals surface area contributed by atoms with Gasteiger partial charge < -0.3 is 35.0 Å². The van der Waals surface area contributed by atoms with E-state index in [9.17, 15) is 37.7 Å². The molecule has 3 N–H and O–H groups in total. The number of nitro groups is 1. The number of morpholine rings is 1. The van der Waals surface area contributed by atoms with Crippen LogP contribution in [0.2, 0.25) is 0 Å². The Kier molecular flexibility index (Phi) is 9.01. The van der Waals surface area contributed by atoms with Gasteiger partial charge in [0, 0.05) is 56.7 Å². The first-order valence-corrected chi connectivity index (χ1v) is 14.2. The first-order chi connectivity index (χ1) is 21.3. The highest BCUT2D eigenvalue weighted by atomic mass is 19.4. The van der Waals surface area contributed by atoms with Gasteiger partial charge in [-0.2, -0.15) is 0 Å². The molecule has 5 rings (SSSR count). The Morgan fingerprint density at radius 3 is 2.31 bits per heavy atom.